The van der Waals surface area contributed by atoms with Crippen molar-refractivity contribution in [3.8, 4) is 0 Å². The zero-order chi connectivity index (χ0) is 10.3. The number of hydrogen-bond donors (Lipinski definition) is 1. The third-order valence-electron chi connectivity index (χ3n) is 2.64. The first-order valence-corrected chi connectivity index (χ1v) is 4.69. The van der Waals surface area contributed by atoms with Gasteiger partial charge in [0.2, 0.25) is 0 Å². The second-order valence-electron chi connectivity index (χ2n) is 3.83. The Balaban J connectivity index is 2.48. The van der Waals surface area contributed by atoms with Crippen molar-refractivity contribution in [1.29, 1.82) is 0 Å². The van der Waals surface area contributed by atoms with Crippen LogP contribution in [0.5, 0.6) is 0 Å². The minimum absolute atomic E-state index is 0.00750. The Morgan fingerprint density at radius 2 is 2.14 bits per heavy atom. The maximum atomic E-state index is 13.4. The summed E-state index contributed by atoms with van der Waals surface area (Å²) >= 11 is 0. The fraction of sp³-hybridized carbons (Fsp3) is 0.364. The van der Waals surface area contributed by atoms with Gasteiger partial charge in [-0.15, -0.1) is 0 Å². The molecule has 1 aliphatic carbocycles. The molecular weight excluding hydrogens is 181 g/mol. The highest BCUT2D eigenvalue weighted by Gasteiger charge is 2.26. The van der Waals surface area contributed by atoms with Crippen LogP contribution in [0, 0.1) is 12.7 Å². The highest BCUT2D eigenvalue weighted by Crippen LogP contribution is 2.42. The van der Waals surface area contributed by atoms with E-state index in [2.05, 4.69) is 0 Å². The van der Waals surface area contributed by atoms with E-state index in [4.69, 9.17) is 5.73 Å². The van der Waals surface area contributed by atoms with E-state index in [1.165, 1.54) is 6.07 Å². The van der Waals surface area contributed by atoms with Gasteiger partial charge in [0.25, 0.3) is 5.91 Å². The zero-order valence-electron chi connectivity index (χ0n) is 8.01. The van der Waals surface area contributed by atoms with Crippen LogP contribution in [0.4, 0.5) is 4.39 Å². The molecule has 0 bridgehead atoms. The van der Waals surface area contributed by atoms with Gasteiger partial charge in [0.1, 0.15) is 5.82 Å². The Bertz CT molecular complexity index is 397. The molecular formula is C11H12FNO. The smallest absolute Gasteiger partial charge is 0.251 e. The van der Waals surface area contributed by atoms with Gasteiger partial charge < -0.3 is 5.73 Å². The highest BCUT2D eigenvalue weighted by molar-refractivity contribution is 5.93. The fourth-order valence-corrected chi connectivity index (χ4v) is 1.72. The van der Waals surface area contributed by atoms with E-state index in [1.807, 2.05) is 6.92 Å². The summed E-state index contributed by atoms with van der Waals surface area (Å²) in [6.07, 6.45) is 2.24. The second-order valence-corrected chi connectivity index (χ2v) is 3.83. The van der Waals surface area contributed by atoms with Crippen molar-refractivity contribution < 1.29 is 9.18 Å². The van der Waals surface area contributed by atoms with Crippen molar-refractivity contribution in [2.75, 3.05) is 0 Å². The molecule has 0 radical (unpaired) electrons. The van der Waals surface area contributed by atoms with Crippen LogP contribution in [-0.2, 0) is 0 Å². The number of rotatable bonds is 2. The first kappa shape index (κ1) is 9.19. The molecule has 0 heterocycles. The summed E-state index contributed by atoms with van der Waals surface area (Å²) in [5, 5.41) is 0. The van der Waals surface area contributed by atoms with Crippen molar-refractivity contribution in [2.24, 2.45) is 5.73 Å². The zero-order valence-corrected chi connectivity index (χ0v) is 8.01. The molecule has 1 aliphatic rings. The van der Waals surface area contributed by atoms with Gasteiger partial charge in [-0.05, 0) is 48.9 Å². The van der Waals surface area contributed by atoms with Gasteiger partial charge in [-0.25, -0.2) is 4.39 Å². The lowest BCUT2D eigenvalue weighted by molar-refractivity contribution is 0.0996. The van der Waals surface area contributed by atoms with Crippen LogP contribution in [0.25, 0.3) is 0 Å². The van der Waals surface area contributed by atoms with Gasteiger partial charge in [0.15, 0.2) is 0 Å². The lowest BCUT2D eigenvalue weighted by atomic mass is 10.0. The Morgan fingerprint density at radius 1 is 1.50 bits per heavy atom. The molecule has 1 saturated carbocycles. The number of hydrogen-bond acceptors (Lipinski definition) is 1. The van der Waals surface area contributed by atoms with Crippen molar-refractivity contribution in [3.63, 3.8) is 0 Å². The topological polar surface area (TPSA) is 43.1 Å². The minimum Gasteiger partial charge on any atom is -0.366 e. The van der Waals surface area contributed by atoms with Crippen molar-refractivity contribution >= 4 is 5.91 Å². The number of primary amides is 1. The Kier molecular flexibility index (Phi) is 2.02. The molecule has 1 fully saturated rings. The van der Waals surface area contributed by atoms with E-state index < -0.39 is 11.7 Å². The van der Waals surface area contributed by atoms with Crippen LogP contribution in [0.2, 0.25) is 0 Å². The van der Waals surface area contributed by atoms with Gasteiger partial charge in [0.05, 0.1) is 5.56 Å². The molecule has 0 aliphatic heterocycles. The molecule has 2 rings (SSSR count). The van der Waals surface area contributed by atoms with E-state index >= 15 is 0 Å². The molecule has 0 aromatic heterocycles. The molecule has 1 aromatic rings. The summed E-state index contributed by atoms with van der Waals surface area (Å²) < 4.78 is 13.4. The van der Waals surface area contributed by atoms with Gasteiger partial charge in [-0.2, -0.15) is 0 Å². The largest absolute Gasteiger partial charge is 0.366 e. The highest BCUT2D eigenvalue weighted by atomic mass is 19.1. The number of benzene rings is 1. The molecule has 74 valence electrons. The summed E-state index contributed by atoms with van der Waals surface area (Å²) in [5.74, 6) is -0.704. The fourth-order valence-electron chi connectivity index (χ4n) is 1.72. The van der Waals surface area contributed by atoms with Crippen LogP contribution in [-0.4, -0.2) is 5.91 Å². The molecule has 2 N–H and O–H groups in total. The Labute approximate surface area is 81.9 Å². The van der Waals surface area contributed by atoms with Crippen molar-refractivity contribution in [3.05, 3.63) is 34.6 Å². The molecule has 0 unspecified atom stereocenters. The maximum absolute atomic E-state index is 13.4. The molecule has 3 heteroatoms. The number of carbonyl (C=O) groups is 1. The number of halogens is 1. The SMILES string of the molecule is Cc1cc(C(N)=O)c(F)cc1C1CC1. The lowest BCUT2D eigenvalue weighted by Gasteiger charge is -2.06. The van der Waals surface area contributed by atoms with Gasteiger partial charge in [0, 0.05) is 0 Å². The molecule has 1 amide bonds. The molecule has 0 atom stereocenters. The van der Waals surface area contributed by atoms with Crippen molar-refractivity contribution in [2.45, 2.75) is 25.7 Å². The molecule has 1 aromatic carbocycles. The summed E-state index contributed by atoms with van der Waals surface area (Å²) in [5.41, 5.74) is 7.02. The molecule has 0 spiro atoms. The van der Waals surface area contributed by atoms with Crippen LogP contribution >= 0.6 is 0 Å². The van der Waals surface area contributed by atoms with Crippen LogP contribution < -0.4 is 5.73 Å². The van der Waals surface area contributed by atoms with Gasteiger partial charge >= 0.3 is 0 Å². The normalized spacial score (nSPS) is 15.6. The average molecular weight is 193 g/mol. The quantitative estimate of drug-likeness (QED) is 0.768. The Hall–Kier alpha value is -1.38. The first-order valence-electron chi connectivity index (χ1n) is 4.69. The molecule has 0 saturated heterocycles. The summed E-state index contributed by atoms with van der Waals surface area (Å²) in [4.78, 5) is 10.9. The second kappa shape index (κ2) is 3.08. The van der Waals surface area contributed by atoms with Gasteiger partial charge in [-0.3, -0.25) is 4.79 Å². The van der Waals surface area contributed by atoms with Crippen molar-refractivity contribution in [1.82, 2.24) is 0 Å². The third kappa shape index (κ3) is 1.50. The number of carbonyl (C=O) groups excluding carboxylic acids is 1. The number of aryl methyl sites for hydroxylation is 1. The maximum Gasteiger partial charge on any atom is 0.251 e. The monoisotopic (exact) mass is 193 g/mol. The lowest BCUT2D eigenvalue weighted by Crippen LogP contribution is -2.13. The summed E-state index contributed by atoms with van der Waals surface area (Å²) in [6.45, 7) is 1.89. The molecule has 2 nitrogen and oxygen atoms in total. The average Bonchev–Trinajstić information content (AvgIpc) is 2.91. The van der Waals surface area contributed by atoms with Crippen LogP contribution in [0.3, 0.4) is 0 Å². The van der Waals surface area contributed by atoms with Crippen LogP contribution in [0.1, 0.15) is 40.2 Å². The number of amides is 1. The minimum atomic E-state index is -0.701. The standard InChI is InChI=1S/C11H12FNO/c1-6-4-9(11(13)14)10(12)5-8(6)7-2-3-7/h4-5,7H,2-3H2,1H3,(H2,13,14). The van der Waals surface area contributed by atoms with E-state index in [-0.39, 0.29) is 5.56 Å². The van der Waals surface area contributed by atoms with E-state index in [0.717, 1.165) is 24.0 Å². The van der Waals surface area contributed by atoms with E-state index in [9.17, 15) is 9.18 Å². The van der Waals surface area contributed by atoms with E-state index in [0.29, 0.717) is 5.92 Å². The first-order chi connectivity index (χ1) is 6.59. The van der Waals surface area contributed by atoms with Gasteiger partial charge in [-0.1, -0.05) is 0 Å². The van der Waals surface area contributed by atoms with Crippen LogP contribution in [0.15, 0.2) is 12.1 Å². The third-order valence-corrected chi connectivity index (χ3v) is 2.64. The summed E-state index contributed by atoms with van der Waals surface area (Å²) in [6, 6.07) is 3.00. The Morgan fingerprint density at radius 3 is 2.64 bits per heavy atom. The van der Waals surface area contributed by atoms with E-state index in [1.54, 1.807) is 6.07 Å². The summed E-state index contributed by atoms with van der Waals surface area (Å²) in [7, 11) is 0. The molecule has 14 heavy (non-hydrogen) atoms. The number of nitrogens with two attached hydrogens (primary N) is 1. The predicted molar refractivity (Wildman–Crippen MR) is 51.6 cm³/mol. The predicted octanol–water partition coefficient (Wildman–Crippen LogP) is 2.11.